The van der Waals surface area contributed by atoms with Gasteiger partial charge in [-0.2, -0.15) is 0 Å². The van der Waals surface area contributed by atoms with Gasteiger partial charge in [0.2, 0.25) is 5.91 Å². The van der Waals surface area contributed by atoms with Crippen LogP contribution in [0.3, 0.4) is 0 Å². The molecule has 2 aliphatic heterocycles. The molecule has 2 fully saturated rings. The predicted molar refractivity (Wildman–Crippen MR) is 79.2 cm³/mol. The highest BCUT2D eigenvalue weighted by molar-refractivity contribution is 7.80. The molecule has 0 saturated carbocycles. The summed E-state index contributed by atoms with van der Waals surface area (Å²) in [6.45, 7) is 1.46. The molecule has 2 atom stereocenters. The third kappa shape index (κ3) is 2.14. The number of piperidine rings is 1. The minimum atomic E-state index is -0.408. The number of nitrogens with two attached hydrogens (primary N) is 1. The molecule has 2 saturated heterocycles. The van der Waals surface area contributed by atoms with Crippen LogP contribution in [0, 0.1) is 11.7 Å². The highest BCUT2D eigenvalue weighted by Crippen LogP contribution is 2.32. The lowest BCUT2D eigenvalue weighted by Crippen LogP contribution is -2.45. The van der Waals surface area contributed by atoms with Gasteiger partial charge in [0.05, 0.1) is 12.0 Å². The first kappa shape index (κ1) is 13.3. The molecular weight excluding hydrogens is 277 g/mol. The molecule has 2 unspecified atom stereocenters. The fraction of sp³-hybridized carbons (Fsp3) is 0.429. The molecule has 2 heterocycles. The topological polar surface area (TPSA) is 58.4 Å². The lowest BCUT2D eigenvalue weighted by Gasteiger charge is -2.37. The van der Waals surface area contributed by atoms with Crippen molar-refractivity contribution in [3.05, 3.63) is 29.6 Å². The van der Waals surface area contributed by atoms with Crippen LogP contribution in [0.2, 0.25) is 0 Å². The molecule has 1 amide bonds. The first-order valence-electron chi connectivity index (χ1n) is 6.71. The fourth-order valence-electron chi connectivity index (χ4n) is 3.15. The van der Waals surface area contributed by atoms with Gasteiger partial charge in [0, 0.05) is 24.3 Å². The lowest BCUT2D eigenvalue weighted by molar-refractivity contribution is -0.122. The Morgan fingerprint density at radius 3 is 3.00 bits per heavy atom. The normalized spacial score (nSPS) is 25.2. The molecular formula is C14H16FN3OS. The van der Waals surface area contributed by atoms with Crippen molar-refractivity contribution in [2.45, 2.75) is 18.9 Å². The van der Waals surface area contributed by atoms with Crippen LogP contribution in [-0.2, 0) is 4.79 Å². The van der Waals surface area contributed by atoms with Gasteiger partial charge in [-0.3, -0.25) is 4.79 Å². The molecule has 6 heteroatoms. The van der Waals surface area contributed by atoms with Crippen LogP contribution in [-0.4, -0.2) is 30.0 Å². The van der Waals surface area contributed by atoms with Gasteiger partial charge in [0.25, 0.3) is 0 Å². The number of halogens is 1. The van der Waals surface area contributed by atoms with E-state index in [0.717, 1.165) is 25.1 Å². The zero-order chi connectivity index (χ0) is 14.3. The van der Waals surface area contributed by atoms with Crippen LogP contribution in [0.1, 0.15) is 18.4 Å². The highest BCUT2D eigenvalue weighted by atomic mass is 32.1. The van der Waals surface area contributed by atoms with Crippen LogP contribution < -0.4 is 16.0 Å². The highest BCUT2D eigenvalue weighted by Gasteiger charge is 2.40. The Labute approximate surface area is 122 Å². The first-order valence-corrected chi connectivity index (χ1v) is 7.12. The molecule has 0 aromatic heterocycles. The molecule has 0 radical (unpaired) electrons. The monoisotopic (exact) mass is 293 g/mol. The van der Waals surface area contributed by atoms with Gasteiger partial charge in [0.15, 0.2) is 0 Å². The van der Waals surface area contributed by atoms with Crippen molar-refractivity contribution in [3.63, 3.8) is 0 Å². The van der Waals surface area contributed by atoms with Crippen molar-refractivity contribution in [1.82, 2.24) is 5.32 Å². The molecule has 0 bridgehead atoms. The largest absolute Gasteiger partial charge is 0.389 e. The summed E-state index contributed by atoms with van der Waals surface area (Å²) < 4.78 is 14.0. The number of amides is 1. The van der Waals surface area contributed by atoms with E-state index >= 15 is 0 Å². The van der Waals surface area contributed by atoms with Crippen molar-refractivity contribution in [3.8, 4) is 0 Å². The summed E-state index contributed by atoms with van der Waals surface area (Å²) in [6, 6.07) is 5.01. The van der Waals surface area contributed by atoms with E-state index in [2.05, 4.69) is 10.2 Å². The Morgan fingerprint density at radius 2 is 2.30 bits per heavy atom. The van der Waals surface area contributed by atoms with Gasteiger partial charge in [0.1, 0.15) is 10.8 Å². The Hall–Kier alpha value is -1.69. The van der Waals surface area contributed by atoms with Crippen LogP contribution in [0.5, 0.6) is 0 Å². The molecule has 106 valence electrons. The lowest BCUT2D eigenvalue weighted by atomic mass is 9.91. The Kier molecular flexibility index (Phi) is 3.33. The number of fused-ring (bicyclic) bond motifs is 1. The number of anilines is 1. The van der Waals surface area contributed by atoms with E-state index in [9.17, 15) is 9.18 Å². The summed E-state index contributed by atoms with van der Waals surface area (Å²) in [5.74, 6) is -0.281. The standard InChI is InChI=1S/C14H16FN3OS/c15-11-6-8(3-4-9(11)13(16)20)18-5-1-2-10-12(18)7-17-14(10)19/h3-4,6,10,12H,1-2,5,7H2,(H2,16,20)(H,17,19). The van der Waals surface area contributed by atoms with Crippen LogP contribution >= 0.6 is 12.2 Å². The van der Waals surface area contributed by atoms with E-state index in [1.807, 2.05) is 6.07 Å². The number of carbonyl (C=O) groups is 1. The minimum Gasteiger partial charge on any atom is -0.389 e. The van der Waals surface area contributed by atoms with Crippen LogP contribution in [0.25, 0.3) is 0 Å². The SMILES string of the molecule is NC(=S)c1ccc(N2CCCC3C(=O)NCC32)cc1F. The number of carbonyl (C=O) groups excluding carboxylic acids is 1. The maximum absolute atomic E-state index is 14.0. The van der Waals surface area contributed by atoms with E-state index in [1.54, 1.807) is 6.07 Å². The average molecular weight is 293 g/mol. The summed E-state index contributed by atoms with van der Waals surface area (Å²) in [5.41, 5.74) is 6.52. The zero-order valence-corrected chi connectivity index (χ0v) is 11.8. The van der Waals surface area contributed by atoms with E-state index in [1.165, 1.54) is 6.07 Å². The molecule has 4 nitrogen and oxygen atoms in total. The van der Waals surface area contributed by atoms with E-state index in [4.69, 9.17) is 18.0 Å². The van der Waals surface area contributed by atoms with Gasteiger partial charge in [-0.1, -0.05) is 12.2 Å². The number of hydrogen-bond donors (Lipinski definition) is 2. The Morgan fingerprint density at radius 1 is 1.50 bits per heavy atom. The van der Waals surface area contributed by atoms with Crippen molar-refractivity contribution >= 4 is 28.8 Å². The second-order valence-corrected chi connectivity index (χ2v) is 5.72. The maximum atomic E-state index is 14.0. The van der Waals surface area contributed by atoms with Gasteiger partial charge in [-0.25, -0.2) is 4.39 Å². The maximum Gasteiger partial charge on any atom is 0.225 e. The predicted octanol–water partition coefficient (Wildman–Crippen LogP) is 1.17. The molecule has 1 aromatic rings. The van der Waals surface area contributed by atoms with Gasteiger partial charge in [-0.05, 0) is 31.0 Å². The number of nitrogens with one attached hydrogen (secondary N) is 1. The summed E-state index contributed by atoms with van der Waals surface area (Å²) in [6.07, 6.45) is 1.84. The zero-order valence-electron chi connectivity index (χ0n) is 10.9. The summed E-state index contributed by atoms with van der Waals surface area (Å²) >= 11 is 4.81. The number of hydrogen-bond acceptors (Lipinski definition) is 3. The fourth-order valence-corrected chi connectivity index (χ4v) is 3.32. The number of nitrogens with zero attached hydrogens (tertiary/aromatic N) is 1. The molecule has 0 spiro atoms. The van der Waals surface area contributed by atoms with Crippen molar-refractivity contribution < 1.29 is 9.18 Å². The van der Waals surface area contributed by atoms with E-state index < -0.39 is 5.82 Å². The number of rotatable bonds is 2. The molecule has 3 rings (SSSR count). The van der Waals surface area contributed by atoms with Crippen LogP contribution in [0.4, 0.5) is 10.1 Å². The summed E-state index contributed by atoms with van der Waals surface area (Å²) in [7, 11) is 0. The Balaban J connectivity index is 1.90. The molecule has 20 heavy (non-hydrogen) atoms. The summed E-state index contributed by atoms with van der Waals surface area (Å²) in [4.78, 5) is 13.9. The van der Waals surface area contributed by atoms with Gasteiger partial charge < -0.3 is 16.0 Å². The third-order valence-electron chi connectivity index (χ3n) is 4.15. The Bertz CT molecular complexity index is 578. The molecule has 0 aliphatic carbocycles. The van der Waals surface area contributed by atoms with Crippen molar-refractivity contribution in [2.24, 2.45) is 11.7 Å². The van der Waals surface area contributed by atoms with E-state index in [0.29, 0.717) is 6.54 Å². The average Bonchev–Trinajstić information content (AvgIpc) is 2.80. The van der Waals surface area contributed by atoms with Crippen LogP contribution in [0.15, 0.2) is 18.2 Å². The van der Waals surface area contributed by atoms with Crippen molar-refractivity contribution in [2.75, 3.05) is 18.0 Å². The smallest absolute Gasteiger partial charge is 0.225 e. The van der Waals surface area contributed by atoms with Gasteiger partial charge >= 0.3 is 0 Å². The molecule has 3 N–H and O–H groups in total. The third-order valence-corrected chi connectivity index (χ3v) is 4.37. The van der Waals surface area contributed by atoms with Gasteiger partial charge in [-0.15, -0.1) is 0 Å². The number of benzene rings is 1. The second-order valence-electron chi connectivity index (χ2n) is 5.28. The van der Waals surface area contributed by atoms with E-state index in [-0.39, 0.29) is 28.4 Å². The first-order chi connectivity index (χ1) is 9.58. The number of thiocarbonyl (C=S) groups is 1. The minimum absolute atomic E-state index is 0.0158. The second kappa shape index (κ2) is 5.01. The summed E-state index contributed by atoms with van der Waals surface area (Å²) in [5, 5.41) is 2.89. The quantitative estimate of drug-likeness (QED) is 0.804. The molecule has 1 aromatic carbocycles. The molecule has 2 aliphatic rings. The van der Waals surface area contributed by atoms with Crippen molar-refractivity contribution in [1.29, 1.82) is 0 Å².